The van der Waals surface area contributed by atoms with Gasteiger partial charge in [0.05, 0.1) is 29.1 Å². The van der Waals surface area contributed by atoms with Crippen molar-refractivity contribution >= 4 is 28.5 Å². The summed E-state index contributed by atoms with van der Waals surface area (Å²) in [4.78, 5) is 16.0. The molecule has 15 heteroatoms. The fraction of sp³-hybridized carbons (Fsp3) is 0.238. The minimum Gasteiger partial charge on any atom is -0.392 e. The van der Waals surface area contributed by atoms with Crippen LogP contribution in [0.15, 0.2) is 42.9 Å². The number of aliphatic hydroxyl groups excluding tert-OH is 1. The molecule has 4 aromatic rings. The van der Waals surface area contributed by atoms with Crippen molar-refractivity contribution in [3.05, 3.63) is 54.0 Å². The third-order valence-corrected chi connectivity index (χ3v) is 4.72. The first kappa shape index (κ1) is 25.0. The Morgan fingerprint density at radius 3 is 2.33 bits per heavy atom. The maximum absolute atomic E-state index is 13.7. The highest BCUT2D eigenvalue weighted by Gasteiger charge is 2.36. The summed E-state index contributed by atoms with van der Waals surface area (Å²) in [6, 6.07) is 4.17. The van der Waals surface area contributed by atoms with Gasteiger partial charge in [-0.2, -0.15) is 26.3 Å². The van der Waals surface area contributed by atoms with E-state index >= 15 is 0 Å². The summed E-state index contributed by atoms with van der Waals surface area (Å²) in [6.45, 7) is 1.42. The first-order valence-corrected chi connectivity index (χ1v) is 10.2. The number of nitrogens with one attached hydrogen (secondary N) is 2. The molecule has 36 heavy (non-hydrogen) atoms. The van der Waals surface area contributed by atoms with E-state index in [9.17, 15) is 31.4 Å². The summed E-state index contributed by atoms with van der Waals surface area (Å²) in [5.41, 5.74) is -2.51. The molecule has 0 fully saturated rings. The number of halogens is 6. The molecule has 1 atom stereocenters. The molecule has 0 aliphatic carbocycles. The van der Waals surface area contributed by atoms with Gasteiger partial charge < -0.3 is 15.7 Å². The Morgan fingerprint density at radius 1 is 0.917 bits per heavy atom. The molecule has 0 amide bonds. The number of aliphatic hydroxyl groups is 1. The number of fused-ring (bicyclic) bond motifs is 1. The van der Waals surface area contributed by atoms with Crippen LogP contribution in [-0.2, 0) is 12.4 Å². The largest absolute Gasteiger partial charge is 0.418 e. The monoisotopic (exact) mass is 510 g/mol. The summed E-state index contributed by atoms with van der Waals surface area (Å²) in [6.07, 6.45) is -7.15. The molecule has 4 heterocycles. The number of hydrogen-bond acceptors (Lipinski definition) is 9. The number of alkyl halides is 6. The van der Waals surface area contributed by atoms with Crippen molar-refractivity contribution in [2.45, 2.75) is 25.4 Å². The average Bonchev–Trinajstić information content (AvgIpc) is 2.81. The van der Waals surface area contributed by atoms with Crippen LogP contribution in [0, 0.1) is 0 Å². The highest BCUT2D eigenvalue weighted by molar-refractivity contribution is 5.87. The molecule has 0 saturated heterocycles. The van der Waals surface area contributed by atoms with Crippen LogP contribution in [0.2, 0.25) is 0 Å². The molecule has 0 saturated carbocycles. The summed E-state index contributed by atoms with van der Waals surface area (Å²) < 4.78 is 79.5. The van der Waals surface area contributed by atoms with Gasteiger partial charge in [-0.15, -0.1) is 10.2 Å². The van der Waals surface area contributed by atoms with E-state index < -0.39 is 35.3 Å². The zero-order valence-corrected chi connectivity index (χ0v) is 18.2. The van der Waals surface area contributed by atoms with Crippen LogP contribution in [0.1, 0.15) is 18.1 Å². The number of hydrogen-bond donors (Lipinski definition) is 3. The quantitative estimate of drug-likeness (QED) is 0.323. The second kappa shape index (κ2) is 9.49. The minimum absolute atomic E-state index is 0.0331. The van der Waals surface area contributed by atoms with Gasteiger partial charge in [0.25, 0.3) is 0 Å². The smallest absolute Gasteiger partial charge is 0.392 e. The van der Waals surface area contributed by atoms with E-state index in [1.165, 1.54) is 19.2 Å². The van der Waals surface area contributed by atoms with Crippen LogP contribution in [-0.4, -0.2) is 47.9 Å². The van der Waals surface area contributed by atoms with Crippen LogP contribution in [0.4, 0.5) is 43.7 Å². The normalized spacial score (nSPS) is 13.0. The number of anilines is 3. The predicted molar refractivity (Wildman–Crippen MR) is 116 cm³/mol. The number of rotatable bonds is 6. The zero-order chi connectivity index (χ0) is 26.1. The van der Waals surface area contributed by atoms with Gasteiger partial charge >= 0.3 is 12.4 Å². The fourth-order valence-corrected chi connectivity index (χ4v) is 3.04. The predicted octanol–water partition coefficient (Wildman–Crippen LogP) is 4.45. The molecule has 188 valence electrons. The third-order valence-electron chi connectivity index (χ3n) is 4.72. The van der Waals surface area contributed by atoms with Gasteiger partial charge in [-0.05, 0) is 31.2 Å². The maximum Gasteiger partial charge on any atom is 0.418 e. The van der Waals surface area contributed by atoms with Crippen LogP contribution in [0.25, 0.3) is 22.6 Å². The maximum atomic E-state index is 13.7. The number of pyridine rings is 2. The standard InChI is InChI=1S/C21H16F6N8O/c1-10(36)7-29-16-6-12(21(25,26)27)17(35-34-16)14-9-31-18-13(4-5-28-19(18)33-14)32-15-3-2-11(8-30-15)20(22,23)24/h2-6,8-10,36H,7H2,1H3,(H,29,34)(H,28,30,32,33)/t10-/m1/s1. The van der Waals surface area contributed by atoms with Gasteiger partial charge in [-0.1, -0.05) is 0 Å². The van der Waals surface area contributed by atoms with Crippen molar-refractivity contribution in [1.82, 2.24) is 30.1 Å². The molecular formula is C21H16F6N8O. The molecule has 0 aliphatic rings. The van der Waals surface area contributed by atoms with Crippen LogP contribution in [0.3, 0.4) is 0 Å². The second-order valence-corrected chi connectivity index (χ2v) is 7.56. The van der Waals surface area contributed by atoms with Crippen LogP contribution in [0.5, 0.6) is 0 Å². The van der Waals surface area contributed by atoms with Gasteiger partial charge in [0.1, 0.15) is 28.5 Å². The molecular weight excluding hydrogens is 494 g/mol. The molecule has 4 rings (SSSR count). The van der Waals surface area contributed by atoms with Crippen LogP contribution >= 0.6 is 0 Å². The first-order chi connectivity index (χ1) is 16.9. The summed E-state index contributed by atoms with van der Waals surface area (Å²) in [5, 5.41) is 22.0. The van der Waals surface area contributed by atoms with E-state index in [0.717, 1.165) is 24.4 Å². The van der Waals surface area contributed by atoms with Crippen molar-refractivity contribution in [2.24, 2.45) is 0 Å². The molecule has 0 spiro atoms. The van der Waals surface area contributed by atoms with E-state index in [0.29, 0.717) is 6.20 Å². The van der Waals surface area contributed by atoms with E-state index in [-0.39, 0.29) is 40.7 Å². The van der Waals surface area contributed by atoms with E-state index in [1.54, 1.807) is 0 Å². The molecule has 0 bridgehead atoms. The van der Waals surface area contributed by atoms with Gasteiger partial charge in [0.15, 0.2) is 5.65 Å². The Morgan fingerprint density at radius 2 is 1.69 bits per heavy atom. The van der Waals surface area contributed by atoms with Crippen LogP contribution < -0.4 is 10.6 Å². The Kier molecular flexibility index (Phi) is 6.58. The molecule has 0 radical (unpaired) electrons. The highest BCUT2D eigenvalue weighted by Crippen LogP contribution is 2.36. The van der Waals surface area contributed by atoms with E-state index in [4.69, 9.17) is 0 Å². The fourth-order valence-electron chi connectivity index (χ4n) is 3.04. The lowest BCUT2D eigenvalue weighted by Crippen LogP contribution is -2.18. The van der Waals surface area contributed by atoms with Gasteiger partial charge in [0.2, 0.25) is 0 Å². The average molecular weight is 510 g/mol. The topological polar surface area (TPSA) is 122 Å². The lowest BCUT2D eigenvalue weighted by atomic mass is 10.1. The molecule has 0 aliphatic heterocycles. The van der Waals surface area contributed by atoms with Crippen molar-refractivity contribution in [3.63, 3.8) is 0 Å². The molecule has 9 nitrogen and oxygen atoms in total. The summed E-state index contributed by atoms with van der Waals surface area (Å²) in [7, 11) is 0. The third kappa shape index (κ3) is 5.56. The first-order valence-electron chi connectivity index (χ1n) is 10.2. The van der Waals surface area contributed by atoms with Crippen molar-refractivity contribution < 1.29 is 31.4 Å². The summed E-state index contributed by atoms with van der Waals surface area (Å²) >= 11 is 0. The van der Waals surface area contributed by atoms with E-state index in [1.807, 2.05) is 0 Å². The molecule has 0 aromatic carbocycles. The Balaban J connectivity index is 1.68. The Labute approximate surface area is 198 Å². The molecule has 4 aromatic heterocycles. The molecule has 0 unspecified atom stereocenters. The second-order valence-electron chi connectivity index (χ2n) is 7.56. The summed E-state index contributed by atoms with van der Waals surface area (Å²) in [5.74, 6) is -0.110. The lowest BCUT2D eigenvalue weighted by Gasteiger charge is -2.14. The number of aromatic nitrogens is 6. The highest BCUT2D eigenvalue weighted by atomic mass is 19.4. The SMILES string of the molecule is C[C@@H](O)CNc1cc(C(F)(F)F)c(-c2cnc3c(Nc4ccc(C(F)(F)F)cn4)ccnc3n2)nn1. The van der Waals surface area contributed by atoms with Gasteiger partial charge in [-0.25, -0.2) is 19.9 Å². The Bertz CT molecular complexity index is 1380. The van der Waals surface area contributed by atoms with Crippen molar-refractivity contribution in [3.8, 4) is 11.4 Å². The minimum atomic E-state index is -4.80. The Hall–Kier alpha value is -4.14. The molecule has 3 N–H and O–H groups in total. The van der Waals surface area contributed by atoms with Crippen molar-refractivity contribution in [2.75, 3.05) is 17.2 Å². The van der Waals surface area contributed by atoms with Gasteiger partial charge in [0, 0.05) is 18.9 Å². The van der Waals surface area contributed by atoms with E-state index in [2.05, 4.69) is 40.8 Å². The number of nitrogens with zero attached hydrogens (tertiary/aromatic N) is 6. The zero-order valence-electron chi connectivity index (χ0n) is 18.2. The van der Waals surface area contributed by atoms with Gasteiger partial charge in [-0.3, -0.25) is 0 Å². The van der Waals surface area contributed by atoms with Crippen molar-refractivity contribution in [1.29, 1.82) is 0 Å². The lowest BCUT2D eigenvalue weighted by molar-refractivity contribution is -0.138.